The largest absolute Gasteiger partial charge is 0.288 e. The topological polar surface area (TPSA) is 17.1 Å². The third kappa shape index (κ3) is 2.11. The molecule has 2 aromatic carbocycles. The highest BCUT2D eigenvalue weighted by Gasteiger charge is 2.21. The fourth-order valence-corrected chi connectivity index (χ4v) is 1.78. The SMILES string of the molecule is O=C(c1cccc(F)c1F)c1c(F)cccc1Cl. The molecular weight excluding hydrogens is 265 g/mol. The Morgan fingerprint density at radius 2 is 1.56 bits per heavy atom. The molecule has 2 aromatic rings. The van der Waals surface area contributed by atoms with E-state index in [0.29, 0.717) is 0 Å². The molecule has 0 aliphatic rings. The first-order valence-electron chi connectivity index (χ1n) is 4.95. The van der Waals surface area contributed by atoms with Crippen LogP contribution in [0.5, 0.6) is 0 Å². The van der Waals surface area contributed by atoms with Gasteiger partial charge in [0.05, 0.1) is 16.1 Å². The molecule has 0 heterocycles. The highest BCUT2D eigenvalue weighted by atomic mass is 35.5. The van der Waals surface area contributed by atoms with Crippen LogP contribution >= 0.6 is 11.6 Å². The third-order valence-electron chi connectivity index (χ3n) is 2.39. The zero-order valence-electron chi connectivity index (χ0n) is 8.88. The molecular formula is C13H6ClF3O. The monoisotopic (exact) mass is 270 g/mol. The first kappa shape index (κ1) is 12.6. The summed E-state index contributed by atoms with van der Waals surface area (Å²) in [5.41, 5.74) is -1.02. The molecule has 0 fully saturated rings. The van der Waals surface area contributed by atoms with Crippen LogP contribution in [0, 0.1) is 17.5 Å². The second-order valence-corrected chi connectivity index (χ2v) is 3.93. The molecule has 0 N–H and O–H groups in total. The van der Waals surface area contributed by atoms with Gasteiger partial charge in [0.2, 0.25) is 5.78 Å². The molecule has 0 unspecified atom stereocenters. The molecule has 92 valence electrons. The van der Waals surface area contributed by atoms with Gasteiger partial charge >= 0.3 is 0 Å². The predicted octanol–water partition coefficient (Wildman–Crippen LogP) is 3.99. The molecule has 0 aliphatic carbocycles. The van der Waals surface area contributed by atoms with Crippen LogP contribution in [0.15, 0.2) is 36.4 Å². The quantitative estimate of drug-likeness (QED) is 0.754. The van der Waals surface area contributed by atoms with Gasteiger partial charge in [-0.3, -0.25) is 4.79 Å². The number of hydrogen-bond donors (Lipinski definition) is 0. The lowest BCUT2D eigenvalue weighted by Gasteiger charge is -2.06. The fraction of sp³-hybridized carbons (Fsp3) is 0. The molecule has 0 amide bonds. The van der Waals surface area contributed by atoms with Gasteiger partial charge < -0.3 is 0 Å². The number of carbonyl (C=O) groups excluding carboxylic acids is 1. The Hall–Kier alpha value is -1.81. The lowest BCUT2D eigenvalue weighted by Crippen LogP contribution is -2.08. The number of hydrogen-bond acceptors (Lipinski definition) is 1. The van der Waals surface area contributed by atoms with Gasteiger partial charge in [-0.1, -0.05) is 23.7 Å². The smallest absolute Gasteiger partial charge is 0.200 e. The van der Waals surface area contributed by atoms with Crippen molar-refractivity contribution in [1.29, 1.82) is 0 Å². The molecule has 0 aliphatic heterocycles. The van der Waals surface area contributed by atoms with Crippen molar-refractivity contribution >= 4 is 17.4 Å². The summed E-state index contributed by atoms with van der Waals surface area (Å²) in [6.45, 7) is 0. The molecule has 0 saturated heterocycles. The van der Waals surface area contributed by atoms with Gasteiger partial charge in [0, 0.05) is 0 Å². The van der Waals surface area contributed by atoms with E-state index in [1.807, 2.05) is 0 Å². The van der Waals surface area contributed by atoms with E-state index in [1.54, 1.807) is 0 Å². The zero-order chi connectivity index (χ0) is 13.3. The van der Waals surface area contributed by atoms with Crippen LogP contribution in [0.2, 0.25) is 5.02 Å². The maximum Gasteiger partial charge on any atom is 0.200 e. The second kappa shape index (κ2) is 4.82. The van der Waals surface area contributed by atoms with Crippen molar-refractivity contribution in [2.75, 3.05) is 0 Å². The van der Waals surface area contributed by atoms with Crippen molar-refractivity contribution in [2.45, 2.75) is 0 Å². The van der Waals surface area contributed by atoms with Crippen LogP contribution in [0.3, 0.4) is 0 Å². The number of ketones is 1. The van der Waals surface area contributed by atoms with Crippen LogP contribution in [0.1, 0.15) is 15.9 Å². The average molecular weight is 271 g/mol. The van der Waals surface area contributed by atoms with Crippen LogP contribution < -0.4 is 0 Å². The first-order chi connectivity index (χ1) is 8.52. The summed E-state index contributed by atoms with van der Waals surface area (Å²) in [5, 5.41) is -0.149. The van der Waals surface area contributed by atoms with Gasteiger partial charge in [-0.25, -0.2) is 13.2 Å². The Morgan fingerprint density at radius 3 is 2.22 bits per heavy atom. The van der Waals surface area contributed by atoms with E-state index in [1.165, 1.54) is 18.2 Å². The zero-order valence-corrected chi connectivity index (χ0v) is 9.64. The fourth-order valence-electron chi connectivity index (χ4n) is 1.53. The molecule has 2 rings (SSSR count). The molecule has 1 nitrogen and oxygen atoms in total. The maximum atomic E-state index is 13.5. The Morgan fingerprint density at radius 1 is 0.944 bits per heavy atom. The molecule has 18 heavy (non-hydrogen) atoms. The predicted molar refractivity (Wildman–Crippen MR) is 61.2 cm³/mol. The molecule has 5 heteroatoms. The van der Waals surface area contributed by atoms with Crippen LogP contribution in [-0.4, -0.2) is 5.78 Å². The van der Waals surface area contributed by atoms with E-state index < -0.39 is 34.4 Å². The summed E-state index contributed by atoms with van der Waals surface area (Å²) in [5.74, 6) is -4.36. The number of halogens is 4. The van der Waals surface area contributed by atoms with E-state index in [9.17, 15) is 18.0 Å². The van der Waals surface area contributed by atoms with Crippen molar-refractivity contribution in [3.63, 3.8) is 0 Å². The van der Waals surface area contributed by atoms with Crippen molar-refractivity contribution in [3.8, 4) is 0 Å². The van der Waals surface area contributed by atoms with E-state index in [0.717, 1.165) is 18.2 Å². The first-order valence-corrected chi connectivity index (χ1v) is 5.33. The van der Waals surface area contributed by atoms with Crippen molar-refractivity contribution in [1.82, 2.24) is 0 Å². The van der Waals surface area contributed by atoms with Gasteiger partial charge in [0.25, 0.3) is 0 Å². The van der Waals surface area contributed by atoms with Gasteiger partial charge in [-0.2, -0.15) is 0 Å². The molecule has 0 spiro atoms. The Labute approximate surface area is 106 Å². The summed E-state index contributed by atoms with van der Waals surface area (Å²) in [6, 6.07) is 6.75. The summed E-state index contributed by atoms with van der Waals surface area (Å²) in [4.78, 5) is 11.9. The van der Waals surface area contributed by atoms with Gasteiger partial charge in [0.15, 0.2) is 11.6 Å². The molecule has 0 bridgehead atoms. The van der Waals surface area contributed by atoms with E-state index >= 15 is 0 Å². The van der Waals surface area contributed by atoms with Crippen LogP contribution in [-0.2, 0) is 0 Å². The van der Waals surface area contributed by atoms with E-state index in [-0.39, 0.29) is 5.02 Å². The minimum atomic E-state index is -1.32. The standard InChI is InChI=1S/C13H6ClF3O/c14-8-4-2-5-9(15)11(8)13(18)7-3-1-6-10(16)12(7)17/h1-6H. The summed E-state index contributed by atoms with van der Waals surface area (Å²) in [7, 11) is 0. The van der Waals surface area contributed by atoms with Gasteiger partial charge in [-0.15, -0.1) is 0 Å². The lowest BCUT2D eigenvalue weighted by atomic mass is 10.0. The maximum absolute atomic E-state index is 13.5. The molecule has 0 atom stereocenters. The van der Waals surface area contributed by atoms with E-state index in [2.05, 4.69) is 0 Å². The summed E-state index contributed by atoms with van der Waals surface area (Å²) >= 11 is 5.69. The van der Waals surface area contributed by atoms with Crippen molar-refractivity contribution < 1.29 is 18.0 Å². The van der Waals surface area contributed by atoms with Crippen molar-refractivity contribution in [2.24, 2.45) is 0 Å². The lowest BCUT2D eigenvalue weighted by molar-refractivity contribution is 0.103. The Bertz CT molecular complexity index is 605. The van der Waals surface area contributed by atoms with Crippen LogP contribution in [0.25, 0.3) is 0 Å². The van der Waals surface area contributed by atoms with Crippen molar-refractivity contribution in [3.05, 3.63) is 70.0 Å². The second-order valence-electron chi connectivity index (χ2n) is 3.53. The normalized spacial score (nSPS) is 10.4. The molecule has 0 saturated carbocycles. The Balaban J connectivity index is 2.59. The average Bonchev–Trinajstić information content (AvgIpc) is 2.32. The Kier molecular flexibility index (Phi) is 3.39. The molecule has 0 aromatic heterocycles. The number of rotatable bonds is 2. The molecule has 0 radical (unpaired) electrons. The summed E-state index contributed by atoms with van der Waals surface area (Å²) < 4.78 is 39.9. The minimum Gasteiger partial charge on any atom is -0.288 e. The summed E-state index contributed by atoms with van der Waals surface area (Å²) in [6.07, 6.45) is 0. The third-order valence-corrected chi connectivity index (χ3v) is 2.70. The highest BCUT2D eigenvalue weighted by molar-refractivity contribution is 6.35. The van der Waals surface area contributed by atoms with Gasteiger partial charge in [-0.05, 0) is 24.3 Å². The van der Waals surface area contributed by atoms with E-state index in [4.69, 9.17) is 11.6 Å². The van der Waals surface area contributed by atoms with Gasteiger partial charge in [0.1, 0.15) is 5.82 Å². The number of carbonyl (C=O) groups is 1. The van der Waals surface area contributed by atoms with Crippen LogP contribution in [0.4, 0.5) is 13.2 Å². The minimum absolute atomic E-state index is 0.149. The highest BCUT2D eigenvalue weighted by Crippen LogP contribution is 2.24. The number of benzene rings is 2.